The molecular formula is C27H31NO4. The van der Waals surface area contributed by atoms with Crippen molar-refractivity contribution in [3.05, 3.63) is 51.6 Å². The Bertz CT molecular complexity index is 1060. The van der Waals surface area contributed by atoms with Crippen LogP contribution in [0.15, 0.2) is 35.9 Å². The molecule has 5 nitrogen and oxygen atoms in total. The lowest BCUT2D eigenvalue weighted by Gasteiger charge is -2.58. The number of benzene rings is 1. The van der Waals surface area contributed by atoms with Crippen LogP contribution in [0.1, 0.15) is 70.8 Å². The Morgan fingerprint density at radius 3 is 2.47 bits per heavy atom. The predicted molar refractivity (Wildman–Crippen MR) is 122 cm³/mol. The highest BCUT2D eigenvalue weighted by Crippen LogP contribution is 2.67. The van der Waals surface area contributed by atoms with Crippen molar-refractivity contribution in [1.82, 2.24) is 0 Å². The van der Waals surface area contributed by atoms with Crippen LogP contribution < -0.4 is 0 Å². The molecule has 0 bridgehead atoms. The molecule has 0 saturated heterocycles. The molecule has 0 unspecified atom stereocenters. The summed E-state index contributed by atoms with van der Waals surface area (Å²) in [6, 6.07) is 6.23. The first-order valence-electron chi connectivity index (χ1n) is 11.9. The van der Waals surface area contributed by atoms with Crippen molar-refractivity contribution in [2.75, 3.05) is 0 Å². The summed E-state index contributed by atoms with van der Waals surface area (Å²) in [6.45, 7) is 4.60. The summed E-state index contributed by atoms with van der Waals surface area (Å²) >= 11 is 0. The van der Waals surface area contributed by atoms with E-state index in [1.807, 2.05) is 6.08 Å². The van der Waals surface area contributed by atoms with Gasteiger partial charge in [-0.25, -0.2) is 0 Å². The van der Waals surface area contributed by atoms with Gasteiger partial charge < -0.3 is 5.11 Å². The third-order valence-corrected chi connectivity index (χ3v) is 9.61. The van der Waals surface area contributed by atoms with Crippen molar-refractivity contribution in [1.29, 1.82) is 0 Å². The number of aliphatic hydroxyl groups is 1. The first-order valence-corrected chi connectivity index (χ1v) is 11.9. The summed E-state index contributed by atoms with van der Waals surface area (Å²) in [4.78, 5) is 22.5. The Morgan fingerprint density at radius 1 is 1.03 bits per heavy atom. The Balaban J connectivity index is 1.41. The molecule has 3 fully saturated rings. The summed E-state index contributed by atoms with van der Waals surface area (Å²) in [5.74, 6) is 8.20. The van der Waals surface area contributed by atoms with E-state index in [4.69, 9.17) is 0 Å². The normalized spacial score (nSPS) is 40.3. The molecule has 1 N–H and O–H groups in total. The van der Waals surface area contributed by atoms with Crippen molar-refractivity contribution in [2.24, 2.45) is 28.6 Å². The third-order valence-electron chi connectivity index (χ3n) is 9.61. The van der Waals surface area contributed by atoms with Gasteiger partial charge in [-0.2, -0.15) is 0 Å². The van der Waals surface area contributed by atoms with Gasteiger partial charge in [0.2, 0.25) is 0 Å². The molecule has 0 aliphatic heterocycles. The van der Waals surface area contributed by atoms with Crippen molar-refractivity contribution < 1.29 is 14.8 Å². The number of nitro benzene ring substituents is 1. The molecular weight excluding hydrogens is 402 g/mol. The number of hydrogen-bond donors (Lipinski definition) is 1. The number of carbonyl (C=O) groups excluding carboxylic acids is 1. The quantitative estimate of drug-likeness (QED) is 0.375. The molecule has 0 aromatic heterocycles. The van der Waals surface area contributed by atoms with Crippen molar-refractivity contribution in [3.63, 3.8) is 0 Å². The number of hydrogen-bond acceptors (Lipinski definition) is 4. The Morgan fingerprint density at radius 2 is 1.75 bits per heavy atom. The second-order valence-corrected chi connectivity index (χ2v) is 10.9. The first-order chi connectivity index (χ1) is 15.2. The zero-order valence-electron chi connectivity index (χ0n) is 18.9. The third kappa shape index (κ3) is 3.07. The van der Waals surface area contributed by atoms with Crippen LogP contribution in [0.2, 0.25) is 0 Å². The van der Waals surface area contributed by atoms with E-state index in [1.54, 1.807) is 12.1 Å². The Kier molecular flexibility index (Phi) is 4.87. The number of rotatable bonds is 1. The summed E-state index contributed by atoms with van der Waals surface area (Å²) in [5, 5.41) is 22.6. The Hall–Kier alpha value is -2.45. The van der Waals surface area contributed by atoms with E-state index in [2.05, 4.69) is 25.7 Å². The van der Waals surface area contributed by atoms with Crippen LogP contribution >= 0.6 is 0 Å². The summed E-state index contributed by atoms with van der Waals surface area (Å²) in [5.41, 5.74) is 0.947. The minimum Gasteiger partial charge on any atom is -0.377 e. The van der Waals surface area contributed by atoms with E-state index in [-0.39, 0.29) is 22.3 Å². The molecule has 0 amide bonds. The van der Waals surface area contributed by atoms with E-state index < -0.39 is 10.5 Å². The average Bonchev–Trinajstić information content (AvgIpc) is 3.04. The zero-order valence-corrected chi connectivity index (χ0v) is 18.9. The SMILES string of the molecule is C[C@]12CCC(=O)C=C1CC[C@@H]1[C@@H]2CC[C@@]2(C)[C@H]1CC[C@@]2(O)C#Cc1ccc([N+](=O)[O-])cc1. The molecule has 1 aromatic carbocycles. The summed E-state index contributed by atoms with van der Waals surface area (Å²) < 4.78 is 0. The van der Waals surface area contributed by atoms with Crippen LogP contribution in [0.4, 0.5) is 5.69 Å². The van der Waals surface area contributed by atoms with Crippen molar-refractivity contribution in [3.8, 4) is 11.8 Å². The van der Waals surface area contributed by atoms with Gasteiger partial charge in [0.25, 0.3) is 5.69 Å². The number of allylic oxidation sites excluding steroid dienone is 1. The number of nitrogens with zero attached hydrogens (tertiary/aromatic N) is 1. The molecule has 0 spiro atoms. The lowest BCUT2D eigenvalue weighted by atomic mass is 9.46. The highest BCUT2D eigenvalue weighted by molar-refractivity contribution is 5.91. The number of ketones is 1. The maximum Gasteiger partial charge on any atom is 0.269 e. The van der Waals surface area contributed by atoms with Gasteiger partial charge in [-0.05, 0) is 86.3 Å². The highest BCUT2D eigenvalue weighted by atomic mass is 16.6. The van der Waals surface area contributed by atoms with Gasteiger partial charge in [-0.1, -0.05) is 31.3 Å². The first kappa shape index (κ1) is 21.4. The topological polar surface area (TPSA) is 80.4 Å². The van der Waals surface area contributed by atoms with E-state index in [1.165, 1.54) is 17.7 Å². The highest BCUT2D eigenvalue weighted by Gasteiger charge is 2.63. The molecule has 4 aliphatic rings. The van der Waals surface area contributed by atoms with Crippen LogP contribution in [0.3, 0.4) is 0 Å². The van der Waals surface area contributed by atoms with Gasteiger partial charge in [0.1, 0.15) is 5.60 Å². The minimum absolute atomic E-state index is 0.0455. The van der Waals surface area contributed by atoms with Crippen LogP contribution in [-0.4, -0.2) is 21.4 Å². The molecule has 0 radical (unpaired) electrons. The lowest BCUT2D eigenvalue weighted by molar-refractivity contribution is -0.384. The van der Waals surface area contributed by atoms with E-state index in [0.717, 1.165) is 38.5 Å². The van der Waals surface area contributed by atoms with E-state index in [0.29, 0.717) is 36.2 Å². The van der Waals surface area contributed by atoms with Gasteiger partial charge in [-0.15, -0.1) is 0 Å². The fraction of sp³-hybridized carbons (Fsp3) is 0.593. The molecule has 5 rings (SSSR count). The van der Waals surface area contributed by atoms with Gasteiger partial charge in [0.15, 0.2) is 5.78 Å². The molecule has 5 heteroatoms. The number of non-ortho nitro benzene ring substituents is 1. The zero-order chi connectivity index (χ0) is 22.7. The fourth-order valence-corrected chi connectivity index (χ4v) is 7.62. The van der Waals surface area contributed by atoms with E-state index in [9.17, 15) is 20.0 Å². The molecule has 1 aromatic rings. The van der Waals surface area contributed by atoms with Gasteiger partial charge >= 0.3 is 0 Å². The number of fused-ring (bicyclic) bond motifs is 5. The molecule has 32 heavy (non-hydrogen) atoms. The fourth-order valence-electron chi connectivity index (χ4n) is 7.62. The van der Waals surface area contributed by atoms with Crippen LogP contribution in [0.5, 0.6) is 0 Å². The molecule has 168 valence electrons. The maximum atomic E-state index is 12.0. The van der Waals surface area contributed by atoms with Crippen molar-refractivity contribution in [2.45, 2.75) is 70.8 Å². The Labute approximate surface area is 189 Å². The smallest absolute Gasteiger partial charge is 0.269 e. The number of nitro groups is 1. The monoisotopic (exact) mass is 433 g/mol. The lowest BCUT2D eigenvalue weighted by Crippen LogP contribution is -2.54. The largest absolute Gasteiger partial charge is 0.377 e. The molecule has 0 heterocycles. The maximum absolute atomic E-state index is 12.0. The van der Waals surface area contributed by atoms with Gasteiger partial charge in [-0.3, -0.25) is 14.9 Å². The van der Waals surface area contributed by atoms with E-state index >= 15 is 0 Å². The second-order valence-electron chi connectivity index (χ2n) is 10.9. The molecule has 3 saturated carbocycles. The summed E-state index contributed by atoms with van der Waals surface area (Å²) in [6.07, 6.45) is 9.35. The average molecular weight is 434 g/mol. The van der Waals surface area contributed by atoms with Crippen LogP contribution in [0, 0.1) is 50.5 Å². The summed E-state index contributed by atoms with van der Waals surface area (Å²) in [7, 11) is 0. The standard InChI is InChI=1S/C27H31NO4/c1-25-13-10-21(29)17-19(25)5-8-22-23(25)11-14-26(2)24(22)12-16-27(26,30)15-9-18-3-6-20(7-4-18)28(31)32/h3-4,6-7,17,22-24,30H,5,8,10-14,16H2,1-2H3/t22-,23+,24+,25+,26+,27+/m1/s1. The van der Waals surface area contributed by atoms with Gasteiger partial charge in [0, 0.05) is 29.5 Å². The predicted octanol–water partition coefficient (Wildman–Crippen LogP) is 5.21. The molecule has 6 atom stereocenters. The van der Waals surface area contributed by atoms with Gasteiger partial charge in [0.05, 0.1) is 4.92 Å². The van der Waals surface area contributed by atoms with Crippen LogP contribution in [-0.2, 0) is 4.79 Å². The number of carbonyl (C=O) groups is 1. The minimum atomic E-state index is -1.04. The molecule has 4 aliphatic carbocycles. The van der Waals surface area contributed by atoms with Crippen LogP contribution in [0.25, 0.3) is 0 Å². The second kappa shape index (κ2) is 7.28. The van der Waals surface area contributed by atoms with Crippen molar-refractivity contribution >= 4 is 11.5 Å².